The summed E-state index contributed by atoms with van der Waals surface area (Å²) in [6.45, 7) is 2.02. The first kappa shape index (κ1) is 9.84. The highest BCUT2D eigenvalue weighted by atomic mass is 15.3. The lowest BCUT2D eigenvalue weighted by Gasteiger charge is -2.05. The first-order valence-electron chi connectivity index (χ1n) is 5.41. The number of nitrogen functional groups attached to an aromatic ring is 1. The monoisotopic (exact) mass is 224 g/mol. The molecule has 2 N–H and O–H groups in total. The van der Waals surface area contributed by atoms with Crippen LogP contribution in [0.1, 0.15) is 5.56 Å². The van der Waals surface area contributed by atoms with Crippen molar-refractivity contribution in [3.63, 3.8) is 0 Å². The van der Waals surface area contributed by atoms with Crippen LogP contribution in [0, 0.1) is 6.92 Å². The van der Waals surface area contributed by atoms with Crippen LogP contribution in [0.15, 0.2) is 42.7 Å². The maximum atomic E-state index is 5.91. The zero-order valence-electron chi connectivity index (χ0n) is 9.46. The molecule has 0 unspecified atom stereocenters. The molecule has 0 saturated carbocycles. The summed E-state index contributed by atoms with van der Waals surface area (Å²) < 4.78 is 1.82. The van der Waals surface area contributed by atoms with Crippen molar-refractivity contribution < 1.29 is 0 Å². The van der Waals surface area contributed by atoms with Gasteiger partial charge in [-0.2, -0.15) is 5.10 Å². The Morgan fingerprint density at radius 3 is 2.88 bits per heavy atom. The molecule has 3 aromatic rings. The molecule has 0 aliphatic heterocycles. The third-order valence-electron chi connectivity index (χ3n) is 2.83. The Bertz CT molecular complexity index is 685. The van der Waals surface area contributed by atoms with Gasteiger partial charge in [0.05, 0.1) is 11.7 Å². The van der Waals surface area contributed by atoms with Gasteiger partial charge in [0.1, 0.15) is 0 Å². The molecule has 0 saturated heterocycles. The highest BCUT2D eigenvalue weighted by Gasteiger charge is 2.09. The fourth-order valence-corrected chi connectivity index (χ4v) is 1.94. The van der Waals surface area contributed by atoms with E-state index in [1.807, 2.05) is 41.9 Å². The van der Waals surface area contributed by atoms with Crippen LogP contribution in [0.2, 0.25) is 0 Å². The number of hydrogen-bond donors (Lipinski definition) is 1. The molecule has 0 bridgehead atoms. The minimum atomic E-state index is 0.738. The van der Waals surface area contributed by atoms with Crippen LogP contribution in [0.5, 0.6) is 0 Å². The van der Waals surface area contributed by atoms with Gasteiger partial charge in [-0.3, -0.25) is 0 Å². The number of hydrogen-bond acceptors (Lipinski definition) is 3. The highest BCUT2D eigenvalue weighted by molar-refractivity contribution is 5.90. The zero-order valence-corrected chi connectivity index (χ0v) is 9.46. The van der Waals surface area contributed by atoms with Crippen LogP contribution in [-0.2, 0) is 0 Å². The Morgan fingerprint density at radius 2 is 2.06 bits per heavy atom. The van der Waals surface area contributed by atoms with Gasteiger partial charge in [-0.15, -0.1) is 0 Å². The van der Waals surface area contributed by atoms with Crippen molar-refractivity contribution in [2.24, 2.45) is 0 Å². The molecule has 3 rings (SSSR count). The molecular formula is C13H12N4. The van der Waals surface area contributed by atoms with E-state index in [9.17, 15) is 0 Å². The van der Waals surface area contributed by atoms with E-state index in [-0.39, 0.29) is 0 Å². The summed E-state index contributed by atoms with van der Waals surface area (Å²) in [7, 11) is 0. The average Bonchev–Trinajstić information content (AvgIpc) is 2.75. The third-order valence-corrected chi connectivity index (χ3v) is 2.83. The lowest BCUT2D eigenvalue weighted by atomic mass is 10.2. The average molecular weight is 224 g/mol. The van der Waals surface area contributed by atoms with E-state index in [1.165, 1.54) is 0 Å². The molecule has 84 valence electrons. The largest absolute Gasteiger partial charge is 0.398 e. The van der Waals surface area contributed by atoms with Gasteiger partial charge in [-0.1, -0.05) is 12.1 Å². The second-order valence-electron chi connectivity index (χ2n) is 3.98. The summed E-state index contributed by atoms with van der Waals surface area (Å²) in [5, 5.41) is 5.32. The number of nitrogens with two attached hydrogens (primary N) is 1. The number of rotatable bonds is 1. The summed E-state index contributed by atoms with van der Waals surface area (Å²) >= 11 is 0. The van der Waals surface area contributed by atoms with Crippen LogP contribution >= 0.6 is 0 Å². The summed E-state index contributed by atoms with van der Waals surface area (Å²) in [5.74, 6) is 0.841. The molecule has 17 heavy (non-hydrogen) atoms. The topological polar surface area (TPSA) is 56.7 Å². The first-order valence-corrected chi connectivity index (χ1v) is 5.41. The molecule has 0 atom stereocenters. The second kappa shape index (κ2) is 3.59. The number of anilines is 1. The predicted octanol–water partition coefficient (Wildman–Crippen LogP) is 2.31. The third kappa shape index (κ3) is 1.45. The summed E-state index contributed by atoms with van der Waals surface area (Å²) in [5.41, 5.74) is 8.71. The Hall–Kier alpha value is -2.36. The fourth-order valence-electron chi connectivity index (χ4n) is 1.94. The van der Waals surface area contributed by atoms with E-state index in [2.05, 4.69) is 10.1 Å². The summed E-state index contributed by atoms with van der Waals surface area (Å²) in [6.07, 6.45) is 3.54. The molecule has 0 amide bonds. The quantitative estimate of drug-likeness (QED) is 0.645. The molecule has 0 fully saturated rings. The van der Waals surface area contributed by atoms with Crippen LogP contribution in [0.4, 0.5) is 5.69 Å². The van der Waals surface area contributed by atoms with Gasteiger partial charge in [0.15, 0.2) is 5.82 Å². The summed E-state index contributed by atoms with van der Waals surface area (Å²) in [6, 6.07) is 9.72. The van der Waals surface area contributed by atoms with Crippen LogP contribution in [0.3, 0.4) is 0 Å². The van der Waals surface area contributed by atoms with Gasteiger partial charge < -0.3 is 5.73 Å². The molecule has 2 aromatic heterocycles. The maximum Gasteiger partial charge on any atom is 0.156 e. The van der Waals surface area contributed by atoms with Crippen molar-refractivity contribution in [2.45, 2.75) is 6.92 Å². The number of nitrogens with zero attached hydrogens (tertiary/aromatic N) is 3. The van der Waals surface area contributed by atoms with Crippen molar-refractivity contribution >= 4 is 16.6 Å². The van der Waals surface area contributed by atoms with Crippen molar-refractivity contribution in [3.05, 3.63) is 48.3 Å². The van der Waals surface area contributed by atoms with Crippen molar-refractivity contribution in [3.8, 4) is 5.82 Å². The van der Waals surface area contributed by atoms with Gasteiger partial charge in [0.25, 0.3) is 0 Å². The van der Waals surface area contributed by atoms with Crippen molar-refractivity contribution in [1.82, 2.24) is 14.8 Å². The van der Waals surface area contributed by atoms with Crippen LogP contribution < -0.4 is 5.73 Å². The Kier molecular flexibility index (Phi) is 2.08. The highest BCUT2D eigenvalue weighted by Crippen LogP contribution is 2.23. The summed E-state index contributed by atoms with van der Waals surface area (Å²) in [4.78, 5) is 4.36. The standard InChI is InChI=1S/C13H12N4/c1-9-4-3-7-15-13(9)17-12-6-2-5-11(14)10(12)8-16-17/h2-8H,14H2,1H3. The number of aryl methyl sites for hydroxylation is 1. The van der Waals surface area contributed by atoms with Crippen molar-refractivity contribution in [1.29, 1.82) is 0 Å². The van der Waals surface area contributed by atoms with E-state index in [0.717, 1.165) is 28.0 Å². The zero-order chi connectivity index (χ0) is 11.8. The molecule has 1 aromatic carbocycles. The molecule has 0 aliphatic rings. The van der Waals surface area contributed by atoms with Gasteiger partial charge in [0, 0.05) is 17.3 Å². The van der Waals surface area contributed by atoms with Gasteiger partial charge in [-0.25, -0.2) is 9.67 Å². The van der Waals surface area contributed by atoms with Crippen molar-refractivity contribution in [2.75, 3.05) is 5.73 Å². The van der Waals surface area contributed by atoms with E-state index < -0.39 is 0 Å². The normalized spacial score (nSPS) is 10.9. The number of benzene rings is 1. The number of fused-ring (bicyclic) bond motifs is 1. The van der Waals surface area contributed by atoms with Gasteiger partial charge in [0.2, 0.25) is 0 Å². The Labute approximate surface area is 98.7 Å². The van der Waals surface area contributed by atoms with Crippen LogP contribution in [0.25, 0.3) is 16.7 Å². The SMILES string of the molecule is Cc1cccnc1-n1ncc2c(N)cccc21. The fraction of sp³-hybridized carbons (Fsp3) is 0.0769. The first-order chi connectivity index (χ1) is 8.27. The smallest absolute Gasteiger partial charge is 0.156 e. The molecule has 0 spiro atoms. The Balaban J connectivity index is 2.33. The number of aromatic nitrogens is 3. The maximum absolute atomic E-state index is 5.91. The molecular weight excluding hydrogens is 212 g/mol. The molecule has 0 aliphatic carbocycles. The minimum absolute atomic E-state index is 0.738. The molecule has 4 heteroatoms. The molecule has 4 nitrogen and oxygen atoms in total. The predicted molar refractivity (Wildman–Crippen MR) is 68.0 cm³/mol. The molecule has 0 radical (unpaired) electrons. The number of pyridine rings is 1. The van der Waals surface area contributed by atoms with E-state index in [4.69, 9.17) is 5.73 Å². The minimum Gasteiger partial charge on any atom is -0.398 e. The van der Waals surface area contributed by atoms with E-state index in [0.29, 0.717) is 0 Å². The van der Waals surface area contributed by atoms with Gasteiger partial charge >= 0.3 is 0 Å². The van der Waals surface area contributed by atoms with E-state index >= 15 is 0 Å². The van der Waals surface area contributed by atoms with Gasteiger partial charge in [-0.05, 0) is 30.7 Å². The van der Waals surface area contributed by atoms with Crippen LogP contribution in [-0.4, -0.2) is 14.8 Å². The Morgan fingerprint density at radius 1 is 1.18 bits per heavy atom. The second-order valence-corrected chi connectivity index (χ2v) is 3.98. The lowest BCUT2D eigenvalue weighted by molar-refractivity contribution is 0.865. The molecule has 2 heterocycles. The lowest BCUT2D eigenvalue weighted by Crippen LogP contribution is -2.01. The van der Waals surface area contributed by atoms with E-state index in [1.54, 1.807) is 12.4 Å².